The van der Waals surface area contributed by atoms with Gasteiger partial charge in [0.25, 0.3) is 0 Å². The Kier molecular flexibility index (Phi) is 3.45. The molecule has 0 amide bonds. The summed E-state index contributed by atoms with van der Waals surface area (Å²) in [6.07, 6.45) is 1.53. The third-order valence-corrected chi connectivity index (χ3v) is 2.42. The second-order valence-corrected chi connectivity index (χ2v) is 4.32. The van der Waals surface area contributed by atoms with E-state index in [1.165, 1.54) is 18.2 Å². The predicted octanol–water partition coefficient (Wildman–Crippen LogP) is 2.46. The Bertz CT molecular complexity index is 435. The quantitative estimate of drug-likeness (QED) is 0.581. The van der Waals surface area contributed by atoms with Gasteiger partial charge in [0.1, 0.15) is 5.82 Å². The van der Waals surface area contributed by atoms with Crippen LogP contribution in [0.25, 0.3) is 0 Å². The third-order valence-electron chi connectivity index (χ3n) is 2.42. The number of nitrogens with zero attached hydrogens (tertiary/aromatic N) is 2. The van der Waals surface area contributed by atoms with Gasteiger partial charge in [-0.3, -0.25) is 0 Å². The minimum absolute atomic E-state index is 0.338. The predicted molar refractivity (Wildman–Crippen MR) is 61.9 cm³/mol. The van der Waals surface area contributed by atoms with E-state index in [1.54, 1.807) is 19.9 Å². The molecule has 0 aliphatic rings. The van der Waals surface area contributed by atoms with Crippen molar-refractivity contribution in [3.05, 3.63) is 29.6 Å². The van der Waals surface area contributed by atoms with E-state index in [1.807, 2.05) is 19.0 Å². The normalized spacial score (nSPS) is 10.8. The molecule has 1 aromatic carbocycles. The van der Waals surface area contributed by atoms with Crippen molar-refractivity contribution in [3.8, 4) is 0 Å². The molecule has 0 saturated heterocycles. The highest BCUT2D eigenvalue weighted by atomic mass is 19.1. The van der Waals surface area contributed by atoms with Crippen LogP contribution in [0.1, 0.15) is 19.4 Å². The fraction of sp³-hybridized carbons (Fsp3) is 0.417. The van der Waals surface area contributed by atoms with Crippen LogP contribution in [-0.2, 0) is 10.3 Å². The maximum absolute atomic E-state index is 13.2. The van der Waals surface area contributed by atoms with E-state index in [4.69, 9.17) is 0 Å². The molecule has 0 bridgehead atoms. The summed E-state index contributed by atoms with van der Waals surface area (Å²) in [7, 11) is 3.72. The smallest absolute Gasteiger partial charge is 0.235 e. The summed E-state index contributed by atoms with van der Waals surface area (Å²) in [5, 5.41) is 0. The van der Waals surface area contributed by atoms with E-state index in [2.05, 4.69) is 4.99 Å². The molecule has 0 fully saturated rings. The van der Waals surface area contributed by atoms with Gasteiger partial charge in [-0.15, -0.1) is 0 Å². The van der Waals surface area contributed by atoms with Gasteiger partial charge in [-0.05, 0) is 32.0 Å². The standard InChI is InChI=1S/C12H15FN2O/c1-12(2,14-8-16)10-7-9(13)5-6-11(10)15(3)4/h5-7H,1-4H3. The van der Waals surface area contributed by atoms with Gasteiger partial charge in [-0.25, -0.2) is 9.18 Å². The lowest BCUT2D eigenvalue weighted by atomic mass is 9.93. The molecule has 0 atom stereocenters. The number of aliphatic imine (C=N–C) groups is 1. The average molecular weight is 222 g/mol. The van der Waals surface area contributed by atoms with Crippen molar-refractivity contribution < 1.29 is 9.18 Å². The van der Waals surface area contributed by atoms with Crippen LogP contribution < -0.4 is 4.90 Å². The Hall–Kier alpha value is -1.67. The minimum Gasteiger partial charge on any atom is -0.377 e. The molecule has 0 heterocycles. The molecule has 0 aliphatic carbocycles. The van der Waals surface area contributed by atoms with E-state index < -0.39 is 5.54 Å². The molecular weight excluding hydrogens is 207 g/mol. The largest absolute Gasteiger partial charge is 0.377 e. The number of benzene rings is 1. The van der Waals surface area contributed by atoms with Crippen molar-refractivity contribution in [1.82, 2.24) is 0 Å². The summed E-state index contributed by atoms with van der Waals surface area (Å²) in [5.74, 6) is -0.338. The number of rotatable bonds is 3. The zero-order valence-corrected chi connectivity index (χ0v) is 9.91. The zero-order valence-electron chi connectivity index (χ0n) is 9.91. The average Bonchev–Trinajstić information content (AvgIpc) is 2.17. The van der Waals surface area contributed by atoms with E-state index in [0.29, 0.717) is 5.56 Å². The highest BCUT2D eigenvalue weighted by molar-refractivity contribution is 5.56. The Morgan fingerprint density at radius 1 is 1.38 bits per heavy atom. The molecule has 0 saturated carbocycles. The van der Waals surface area contributed by atoms with E-state index in [9.17, 15) is 9.18 Å². The first-order valence-corrected chi connectivity index (χ1v) is 4.95. The maximum atomic E-state index is 13.2. The summed E-state index contributed by atoms with van der Waals surface area (Å²) in [6, 6.07) is 4.46. The molecule has 0 aliphatic heterocycles. The summed E-state index contributed by atoms with van der Waals surface area (Å²) in [6.45, 7) is 3.50. The van der Waals surface area contributed by atoms with Crippen LogP contribution in [0.5, 0.6) is 0 Å². The van der Waals surface area contributed by atoms with Crippen molar-refractivity contribution in [2.75, 3.05) is 19.0 Å². The van der Waals surface area contributed by atoms with Crippen molar-refractivity contribution in [2.45, 2.75) is 19.4 Å². The van der Waals surface area contributed by atoms with Gasteiger partial charge in [0.15, 0.2) is 0 Å². The summed E-state index contributed by atoms with van der Waals surface area (Å²) in [5.41, 5.74) is 0.731. The second kappa shape index (κ2) is 4.45. The molecule has 16 heavy (non-hydrogen) atoms. The van der Waals surface area contributed by atoms with Gasteiger partial charge in [0, 0.05) is 25.3 Å². The number of anilines is 1. The number of hydrogen-bond donors (Lipinski definition) is 0. The zero-order chi connectivity index (χ0) is 12.3. The molecule has 1 rings (SSSR count). The molecule has 0 N–H and O–H groups in total. The Morgan fingerprint density at radius 3 is 2.50 bits per heavy atom. The number of carbonyl (C=O) groups excluding carboxylic acids is 1. The monoisotopic (exact) mass is 222 g/mol. The lowest BCUT2D eigenvalue weighted by molar-refractivity contribution is 0.518. The second-order valence-electron chi connectivity index (χ2n) is 4.32. The van der Waals surface area contributed by atoms with Crippen LogP contribution in [0.4, 0.5) is 10.1 Å². The van der Waals surface area contributed by atoms with Crippen LogP contribution in [0.15, 0.2) is 23.2 Å². The van der Waals surface area contributed by atoms with Gasteiger partial charge >= 0.3 is 0 Å². The number of isocyanates is 1. The topological polar surface area (TPSA) is 32.7 Å². The molecule has 0 radical (unpaired) electrons. The fourth-order valence-corrected chi connectivity index (χ4v) is 1.56. The first-order chi connectivity index (χ1) is 7.38. The Labute approximate surface area is 94.6 Å². The molecule has 1 aromatic rings. The molecular formula is C12H15FN2O. The molecule has 86 valence electrons. The Morgan fingerprint density at radius 2 is 2.00 bits per heavy atom. The van der Waals surface area contributed by atoms with Gasteiger partial charge in [-0.1, -0.05) is 0 Å². The fourth-order valence-electron chi connectivity index (χ4n) is 1.56. The van der Waals surface area contributed by atoms with Crippen LogP contribution in [-0.4, -0.2) is 20.2 Å². The highest BCUT2D eigenvalue weighted by Gasteiger charge is 2.24. The summed E-state index contributed by atoms with van der Waals surface area (Å²) in [4.78, 5) is 15.9. The van der Waals surface area contributed by atoms with Gasteiger partial charge < -0.3 is 4.90 Å². The van der Waals surface area contributed by atoms with Crippen molar-refractivity contribution in [1.29, 1.82) is 0 Å². The molecule has 0 spiro atoms. The molecule has 4 heteroatoms. The highest BCUT2D eigenvalue weighted by Crippen LogP contribution is 2.32. The molecule has 0 aromatic heterocycles. The lowest BCUT2D eigenvalue weighted by Gasteiger charge is -2.25. The number of hydrogen-bond acceptors (Lipinski definition) is 3. The summed E-state index contributed by atoms with van der Waals surface area (Å²) < 4.78 is 13.2. The first kappa shape index (κ1) is 12.4. The van der Waals surface area contributed by atoms with E-state index in [0.717, 1.165) is 5.69 Å². The van der Waals surface area contributed by atoms with Gasteiger partial charge in [0.2, 0.25) is 6.08 Å². The lowest BCUT2D eigenvalue weighted by Crippen LogP contribution is -2.20. The van der Waals surface area contributed by atoms with Crippen LogP contribution in [0.2, 0.25) is 0 Å². The molecule has 0 unspecified atom stereocenters. The van der Waals surface area contributed by atoms with Crippen LogP contribution in [0, 0.1) is 5.82 Å². The van der Waals surface area contributed by atoms with Crippen molar-refractivity contribution in [2.24, 2.45) is 4.99 Å². The number of halogens is 1. The van der Waals surface area contributed by atoms with E-state index in [-0.39, 0.29) is 5.82 Å². The van der Waals surface area contributed by atoms with Gasteiger partial charge in [0.05, 0.1) is 5.54 Å². The minimum atomic E-state index is -0.774. The van der Waals surface area contributed by atoms with Crippen LogP contribution >= 0.6 is 0 Å². The Balaban J connectivity index is 3.40. The molecule has 3 nitrogen and oxygen atoms in total. The van der Waals surface area contributed by atoms with Crippen molar-refractivity contribution in [3.63, 3.8) is 0 Å². The summed E-state index contributed by atoms with van der Waals surface area (Å²) >= 11 is 0. The van der Waals surface area contributed by atoms with Gasteiger partial charge in [-0.2, -0.15) is 4.99 Å². The maximum Gasteiger partial charge on any atom is 0.235 e. The van der Waals surface area contributed by atoms with Crippen LogP contribution in [0.3, 0.4) is 0 Å². The first-order valence-electron chi connectivity index (χ1n) is 4.95. The third kappa shape index (κ3) is 2.47. The van der Waals surface area contributed by atoms with Crippen molar-refractivity contribution >= 4 is 11.8 Å². The van der Waals surface area contributed by atoms with E-state index >= 15 is 0 Å². The SMILES string of the molecule is CN(C)c1ccc(F)cc1C(C)(C)N=C=O.